The number of nitrogens with one attached hydrogen (secondary N) is 2. The van der Waals surface area contributed by atoms with Crippen LogP contribution in [0.3, 0.4) is 0 Å². The molecule has 0 saturated heterocycles. The largest absolute Gasteiger partial charge is 0.348 e. The van der Waals surface area contributed by atoms with E-state index in [2.05, 4.69) is 20.3 Å². The number of aromatic amines is 1. The first-order valence-corrected chi connectivity index (χ1v) is 5.68. The van der Waals surface area contributed by atoms with Crippen molar-refractivity contribution in [1.82, 2.24) is 15.0 Å². The summed E-state index contributed by atoms with van der Waals surface area (Å²) in [4.78, 5) is 23.7. The number of aryl methyl sites for hydroxylation is 2. The van der Waals surface area contributed by atoms with E-state index in [0.717, 1.165) is 16.3 Å². The quantitative estimate of drug-likeness (QED) is 0.851. The van der Waals surface area contributed by atoms with E-state index in [1.807, 2.05) is 13.8 Å². The minimum atomic E-state index is -0.0852. The van der Waals surface area contributed by atoms with Crippen LogP contribution in [0.25, 0.3) is 0 Å². The number of anilines is 1. The Morgan fingerprint density at radius 1 is 1.56 bits per heavy atom. The van der Waals surface area contributed by atoms with Crippen molar-refractivity contribution < 1.29 is 4.79 Å². The maximum atomic E-state index is 11.6. The third kappa shape index (κ3) is 2.46. The molecule has 0 aromatic carbocycles. The van der Waals surface area contributed by atoms with Gasteiger partial charge in [0.05, 0.1) is 18.4 Å². The maximum absolute atomic E-state index is 11.6. The molecule has 0 radical (unpaired) electrons. The molecule has 0 saturated carbocycles. The third-order valence-corrected chi connectivity index (χ3v) is 3.17. The lowest BCUT2D eigenvalue weighted by Gasteiger charge is -1.98. The number of imidazole rings is 1. The van der Waals surface area contributed by atoms with Gasteiger partial charge < -0.3 is 10.3 Å². The van der Waals surface area contributed by atoms with Crippen molar-refractivity contribution in [3.05, 3.63) is 28.8 Å². The van der Waals surface area contributed by atoms with Crippen molar-refractivity contribution in [1.29, 1.82) is 0 Å². The standard InChI is InChI=1S/C10H12N4OS/c1-6-7(2)16-10(13-6)14-9(15)3-8-4-11-5-12-8/h4-5H,3H2,1-2H3,(H,11,12)(H,13,14,15). The maximum Gasteiger partial charge on any atom is 0.232 e. The van der Waals surface area contributed by atoms with E-state index in [-0.39, 0.29) is 12.3 Å². The molecule has 0 unspecified atom stereocenters. The van der Waals surface area contributed by atoms with E-state index in [9.17, 15) is 4.79 Å². The second-order valence-corrected chi connectivity index (χ2v) is 4.67. The number of carbonyl (C=O) groups excluding carboxylic acids is 1. The molecule has 84 valence electrons. The molecule has 2 rings (SSSR count). The van der Waals surface area contributed by atoms with E-state index < -0.39 is 0 Å². The second-order valence-electron chi connectivity index (χ2n) is 3.46. The molecule has 16 heavy (non-hydrogen) atoms. The van der Waals surface area contributed by atoms with Gasteiger partial charge in [-0.2, -0.15) is 0 Å². The van der Waals surface area contributed by atoms with Crippen molar-refractivity contribution in [2.24, 2.45) is 0 Å². The van der Waals surface area contributed by atoms with Gasteiger partial charge in [-0.3, -0.25) is 4.79 Å². The third-order valence-electron chi connectivity index (χ3n) is 2.18. The van der Waals surface area contributed by atoms with Gasteiger partial charge in [0.1, 0.15) is 0 Å². The van der Waals surface area contributed by atoms with Crippen molar-refractivity contribution in [2.45, 2.75) is 20.3 Å². The molecule has 0 aliphatic rings. The molecule has 5 nitrogen and oxygen atoms in total. The van der Waals surface area contributed by atoms with Gasteiger partial charge in [-0.15, -0.1) is 11.3 Å². The molecule has 0 fully saturated rings. The van der Waals surface area contributed by atoms with Gasteiger partial charge in [0.15, 0.2) is 5.13 Å². The molecule has 0 bridgehead atoms. The van der Waals surface area contributed by atoms with Gasteiger partial charge in [-0.1, -0.05) is 0 Å². The molecule has 2 heterocycles. The molecule has 6 heteroatoms. The summed E-state index contributed by atoms with van der Waals surface area (Å²) in [6, 6.07) is 0. The molecule has 0 aliphatic heterocycles. The molecule has 0 spiro atoms. The van der Waals surface area contributed by atoms with Crippen LogP contribution in [0.4, 0.5) is 5.13 Å². The highest BCUT2D eigenvalue weighted by Crippen LogP contribution is 2.20. The zero-order valence-electron chi connectivity index (χ0n) is 9.07. The van der Waals surface area contributed by atoms with Crippen LogP contribution in [-0.2, 0) is 11.2 Å². The Kier molecular flexibility index (Phi) is 3.00. The van der Waals surface area contributed by atoms with Gasteiger partial charge in [0, 0.05) is 16.8 Å². The van der Waals surface area contributed by atoms with Gasteiger partial charge in [-0.05, 0) is 13.8 Å². The lowest BCUT2D eigenvalue weighted by molar-refractivity contribution is -0.115. The Morgan fingerprint density at radius 3 is 2.94 bits per heavy atom. The van der Waals surface area contributed by atoms with Gasteiger partial charge in [0.2, 0.25) is 5.91 Å². The highest BCUT2D eigenvalue weighted by atomic mass is 32.1. The normalized spacial score (nSPS) is 10.4. The van der Waals surface area contributed by atoms with Crippen LogP contribution in [0.1, 0.15) is 16.3 Å². The molecule has 1 amide bonds. The van der Waals surface area contributed by atoms with Crippen LogP contribution in [0.2, 0.25) is 0 Å². The van der Waals surface area contributed by atoms with E-state index in [1.54, 1.807) is 12.5 Å². The smallest absolute Gasteiger partial charge is 0.232 e. The van der Waals surface area contributed by atoms with Crippen LogP contribution >= 0.6 is 11.3 Å². The topological polar surface area (TPSA) is 70.7 Å². The summed E-state index contributed by atoms with van der Waals surface area (Å²) in [6.07, 6.45) is 3.48. The van der Waals surface area contributed by atoms with Crippen molar-refractivity contribution in [3.8, 4) is 0 Å². The number of rotatable bonds is 3. The van der Waals surface area contributed by atoms with E-state index >= 15 is 0 Å². The summed E-state index contributed by atoms with van der Waals surface area (Å²) in [5, 5.41) is 3.41. The first-order chi connectivity index (χ1) is 7.65. The second kappa shape index (κ2) is 4.44. The molecule has 0 aliphatic carbocycles. The van der Waals surface area contributed by atoms with E-state index in [1.165, 1.54) is 11.3 Å². The summed E-state index contributed by atoms with van der Waals surface area (Å²) in [5.41, 5.74) is 1.75. The molecular formula is C10H12N4OS. The van der Waals surface area contributed by atoms with Crippen LogP contribution in [0.5, 0.6) is 0 Å². The zero-order valence-corrected chi connectivity index (χ0v) is 9.89. The monoisotopic (exact) mass is 236 g/mol. The predicted molar refractivity (Wildman–Crippen MR) is 62.5 cm³/mol. The molecule has 2 aromatic rings. The number of nitrogens with zero attached hydrogens (tertiary/aromatic N) is 2. The highest BCUT2D eigenvalue weighted by Gasteiger charge is 2.08. The summed E-state index contributed by atoms with van der Waals surface area (Å²) in [6.45, 7) is 3.91. The van der Waals surface area contributed by atoms with Crippen LogP contribution < -0.4 is 5.32 Å². The number of hydrogen-bond donors (Lipinski definition) is 2. The molecule has 2 N–H and O–H groups in total. The van der Waals surface area contributed by atoms with Crippen LogP contribution in [0, 0.1) is 13.8 Å². The fraction of sp³-hybridized carbons (Fsp3) is 0.300. The lowest BCUT2D eigenvalue weighted by atomic mass is 10.3. The van der Waals surface area contributed by atoms with Gasteiger partial charge in [-0.25, -0.2) is 9.97 Å². The Labute approximate surface area is 96.9 Å². The number of hydrogen-bond acceptors (Lipinski definition) is 4. The predicted octanol–water partition coefficient (Wildman–Crippen LogP) is 1.66. The Bertz CT molecular complexity index is 469. The average molecular weight is 236 g/mol. The van der Waals surface area contributed by atoms with Crippen LogP contribution in [-0.4, -0.2) is 20.9 Å². The Morgan fingerprint density at radius 2 is 2.38 bits per heavy atom. The van der Waals surface area contributed by atoms with Crippen molar-refractivity contribution in [3.63, 3.8) is 0 Å². The summed E-state index contributed by atoms with van der Waals surface area (Å²) >= 11 is 1.49. The van der Waals surface area contributed by atoms with E-state index in [0.29, 0.717) is 5.13 Å². The van der Waals surface area contributed by atoms with Gasteiger partial charge in [0.25, 0.3) is 0 Å². The lowest BCUT2D eigenvalue weighted by Crippen LogP contribution is -2.14. The van der Waals surface area contributed by atoms with E-state index in [4.69, 9.17) is 0 Å². The summed E-state index contributed by atoms with van der Waals surface area (Å²) < 4.78 is 0. The zero-order chi connectivity index (χ0) is 11.5. The summed E-state index contributed by atoms with van der Waals surface area (Å²) in [5.74, 6) is -0.0852. The average Bonchev–Trinajstić information content (AvgIpc) is 2.78. The number of thiazole rings is 1. The fourth-order valence-electron chi connectivity index (χ4n) is 1.24. The highest BCUT2D eigenvalue weighted by molar-refractivity contribution is 7.15. The number of amides is 1. The number of carbonyl (C=O) groups is 1. The SMILES string of the molecule is Cc1nc(NC(=O)Cc2cnc[nH]2)sc1C. The summed E-state index contributed by atoms with van der Waals surface area (Å²) in [7, 11) is 0. The van der Waals surface area contributed by atoms with Crippen molar-refractivity contribution >= 4 is 22.4 Å². The number of H-pyrrole nitrogens is 1. The minimum absolute atomic E-state index is 0.0852. The van der Waals surface area contributed by atoms with Gasteiger partial charge >= 0.3 is 0 Å². The fourth-order valence-corrected chi connectivity index (χ4v) is 2.07. The minimum Gasteiger partial charge on any atom is -0.348 e. The molecule has 2 aromatic heterocycles. The Balaban J connectivity index is 1.97. The Hall–Kier alpha value is -1.69. The number of aromatic nitrogens is 3. The van der Waals surface area contributed by atoms with Crippen molar-refractivity contribution in [2.75, 3.05) is 5.32 Å². The molecule has 0 atom stereocenters. The molecular weight excluding hydrogens is 224 g/mol. The van der Waals surface area contributed by atoms with Crippen LogP contribution in [0.15, 0.2) is 12.5 Å². The first-order valence-electron chi connectivity index (χ1n) is 4.86. The first kappa shape index (κ1) is 10.8.